The third-order valence-electron chi connectivity index (χ3n) is 6.51. The van der Waals surface area contributed by atoms with Crippen LogP contribution in [0.15, 0.2) is 24.4 Å². The molecular formula is C29H43N5O4. The number of pyridine rings is 2. The van der Waals surface area contributed by atoms with Crippen LogP contribution >= 0.6 is 0 Å². The Morgan fingerprint density at radius 1 is 1.11 bits per heavy atom. The molecule has 0 aromatic carbocycles. The Bertz CT molecular complexity index is 1110. The number of hydrogen-bond acceptors (Lipinski definition) is 8. The molecule has 9 heteroatoms. The number of nitrogens with one attached hydrogen (secondary N) is 1. The van der Waals surface area contributed by atoms with Crippen LogP contribution in [0.3, 0.4) is 0 Å². The zero-order valence-corrected chi connectivity index (χ0v) is 24.0. The summed E-state index contributed by atoms with van der Waals surface area (Å²) in [5, 5.41) is 3.53. The summed E-state index contributed by atoms with van der Waals surface area (Å²) in [4.78, 5) is 38.8. The molecule has 0 radical (unpaired) electrons. The van der Waals surface area contributed by atoms with Crippen LogP contribution < -0.4 is 10.2 Å². The van der Waals surface area contributed by atoms with Gasteiger partial charge in [-0.3, -0.25) is 0 Å². The number of piperazine rings is 1. The fraction of sp³-hybridized carbons (Fsp3) is 0.586. The maximum atomic E-state index is 12.9. The second kappa shape index (κ2) is 12.9. The fourth-order valence-corrected chi connectivity index (χ4v) is 4.50. The number of esters is 1. The van der Waals surface area contributed by atoms with Gasteiger partial charge in [-0.05, 0) is 65.7 Å². The van der Waals surface area contributed by atoms with Crippen molar-refractivity contribution in [1.82, 2.24) is 14.9 Å². The fourth-order valence-electron chi connectivity index (χ4n) is 4.50. The molecule has 3 heterocycles. The Balaban J connectivity index is 1.91. The van der Waals surface area contributed by atoms with Gasteiger partial charge in [-0.15, -0.1) is 0 Å². The minimum Gasteiger partial charge on any atom is -0.462 e. The van der Waals surface area contributed by atoms with Gasteiger partial charge in [0.15, 0.2) is 0 Å². The number of anilines is 2. The third-order valence-corrected chi connectivity index (χ3v) is 6.51. The Kier molecular flexibility index (Phi) is 9.94. The number of amides is 1. The summed E-state index contributed by atoms with van der Waals surface area (Å²) in [6.07, 6.45) is 4.62. The van der Waals surface area contributed by atoms with Crippen molar-refractivity contribution in [3.05, 3.63) is 35.5 Å². The van der Waals surface area contributed by atoms with Crippen LogP contribution in [0.25, 0.3) is 11.3 Å². The van der Waals surface area contributed by atoms with E-state index in [1.165, 1.54) is 0 Å². The van der Waals surface area contributed by atoms with Crippen molar-refractivity contribution < 1.29 is 19.1 Å². The molecule has 2 aromatic rings. The number of carbonyl (C=O) groups is 2. The van der Waals surface area contributed by atoms with E-state index in [9.17, 15) is 9.59 Å². The van der Waals surface area contributed by atoms with Crippen LogP contribution in [0.2, 0.25) is 0 Å². The lowest BCUT2D eigenvalue weighted by atomic mass is 10.0. The van der Waals surface area contributed by atoms with E-state index in [0.717, 1.165) is 42.0 Å². The summed E-state index contributed by atoms with van der Waals surface area (Å²) >= 11 is 0. The molecular weight excluding hydrogens is 482 g/mol. The normalized spacial score (nSPS) is 14.7. The summed E-state index contributed by atoms with van der Waals surface area (Å²) in [6.45, 7) is 16.1. The molecule has 9 nitrogen and oxygen atoms in total. The molecule has 3 rings (SSSR count). The first-order valence-corrected chi connectivity index (χ1v) is 13.7. The van der Waals surface area contributed by atoms with E-state index in [-0.39, 0.29) is 12.1 Å². The lowest BCUT2D eigenvalue weighted by Crippen LogP contribution is -2.50. The molecule has 38 heavy (non-hydrogen) atoms. The van der Waals surface area contributed by atoms with E-state index in [0.29, 0.717) is 50.1 Å². The highest BCUT2D eigenvalue weighted by molar-refractivity contribution is 5.94. The van der Waals surface area contributed by atoms with E-state index in [4.69, 9.17) is 14.5 Å². The number of nitrogens with zero attached hydrogens (tertiary/aromatic N) is 4. The molecule has 0 saturated carbocycles. The summed E-state index contributed by atoms with van der Waals surface area (Å²) < 4.78 is 10.9. The molecule has 1 N–H and O–H groups in total. The van der Waals surface area contributed by atoms with Crippen LogP contribution in [0.1, 0.15) is 76.7 Å². The maximum absolute atomic E-state index is 12.9. The molecule has 1 unspecified atom stereocenters. The first kappa shape index (κ1) is 29.2. The number of ether oxygens (including phenoxy) is 2. The highest BCUT2D eigenvalue weighted by atomic mass is 16.6. The molecule has 0 bridgehead atoms. The van der Waals surface area contributed by atoms with Gasteiger partial charge in [0.25, 0.3) is 0 Å². The number of carbonyl (C=O) groups excluding carboxylic acids is 2. The third kappa shape index (κ3) is 7.58. The van der Waals surface area contributed by atoms with Crippen molar-refractivity contribution >= 4 is 23.7 Å². The van der Waals surface area contributed by atoms with E-state index in [1.807, 2.05) is 39.8 Å². The lowest BCUT2D eigenvalue weighted by Gasteiger charge is -2.37. The largest absolute Gasteiger partial charge is 0.462 e. The minimum absolute atomic E-state index is 0.291. The Labute approximate surface area is 226 Å². The second-order valence-corrected chi connectivity index (χ2v) is 10.6. The van der Waals surface area contributed by atoms with Crippen molar-refractivity contribution in [3.8, 4) is 11.3 Å². The number of rotatable bonds is 9. The molecule has 2 aromatic heterocycles. The van der Waals surface area contributed by atoms with Gasteiger partial charge in [-0.25, -0.2) is 19.6 Å². The summed E-state index contributed by atoms with van der Waals surface area (Å²) in [7, 11) is 0. The zero-order valence-electron chi connectivity index (χ0n) is 24.0. The SMILES string of the molecule is CCCC(CC)Nc1cc(-c2cc(C(=O)OCC)c(C)c(N3CCN(C(=O)OC(C)(C)C)CC3)n2)ccn1. The number of hydrogen-bond donors (Lipinski definition) is 1. The van der Waals surface area contributed by atoms with Crippen molar-refractivity contribution in [2.75, 3.05) is 43.0 Å². The Hall–Kier alpha value is -3.36. The molecule has 0 spiro atoms. The van der Waals surface area contributed by atoms with Crippen molar-refractivity contribution in [1.29, 1.82) is 0 Å². The van der Waals surface area contributed by atoms with Crippen LogP contribution in [0.5, 0.6) is 0 Å². The van der Waals surface area contributed by atoms with E-state index >= 15 is 0 Å². The lowest BCUT2D eigenvalue weighted by molar-refractivity contribution is 0.0240. The molecule has 1 fully saturated rings. The van der Waals surface area contributed by atoms with Gasteiger partial charge in [-0.2, -0.15) is 0 Å². The topological polar surface area (TPSA) is 96.9 Å². The quantitative estimate of drug-likeness (QED) is 0.418. The van der Waals surface area contributed by atoms with Crippen LogP contribution in [0, 0.1) is 6.92 Å². The van der Waals surface area contributed by atoms with Gasteiger partial charge in [-0.1, -0.05) is 20.3 Å². The van der Waals surface area contributed by atoms with Gasteiger partial charge in [0.2, 0.25) is 0 Å². The molecule has 1 saturated heterocycles. The highest BCUT2D eigenvalue weighted by Gasteiger charge is 2.28. The van der Waals surface area contributed by atoms with Gasteiger partial charge < -0.3 is 24.6 Å². The Morgan fingerprint density at radius 2 is 1.82 bits per heavy atom. The highest BCUT2D eigenvalue weighted by Crippen LogP contribution is 2.30. The molecule has 1 atom stereocenters. The van der Waals surface area contributed by atoms with Crippen molar-refractivity contribution in [2.45, 2.75) is 79.4 Å². The maximum Gasteiger partial charge on any atom is 0.410 e. The van der Waals surface area contributed by atoms with Crippen molar-refractivity contribution in [3.63, 3.8) is 0 Å². The smallest absolute Gasteiger partial charge is 0.410 e. The van der Waals surface area contributed by atoms with E-state index in [1.54, 1.807) is 24.1 Å². The van der Waals surface area contributed by atoms with Gasteiger partial charge >= 0.3 is 12.1 Å². The predicted octanol–water partition coefficient (Wildman–Crippen LogP) is 5.68. The van der Waals surface area contributed by atoms with Gasteiger partial charge in [0.05, 0.1) is 17.9 Å². The van der Waals surface area contributed by atoms with Crippen LogP contribution in [-0.4, -0.2) is 71.4 Å². The average molecular weight is 526 g/mol. The summed E-state index contributed by atoms with van der Waals surface area (Å²) in [6, 6.07) is 6.04. The number of aromatic nitrogens is 2. The first-order valence-electron chi connectivity index (χ1n) is 13.7. The minimum atomic E-state index is -0.541. The molecule has 0 aliphatic carbocycles. The second-order valence-electron chi connectivity index (χ2n) is 10.6. The van der Waals surface area contributed by atoms with Gasteiger partial charge in [0, 0.05) is 49.5 Å². The predicted molar refractivity (Wildman–Crippen MR) is 151 cm³/mol. The zero-order chi connectivity index (χ0) is 27.9. The van der Waals surface area contributed by atoms with E-state index < -0.39 is 5.60 Å². The molecule has 208 valence electrons. The Morgan fingerprint density at radius 3 is 2.42 bits per heavy atom. The summed E-state index contributed by atoms with van der Waals surface area (Å²) in [5.74, 6) is 1.14. The van der Waals surface area contributed by atoms with Crippen molar-refractivity contribution in [2.24, 2.45) is 0 Å². The first-order chi connectivity index (χ1) is 18.1. The summed E-state index contributed by atoms with van der Waals surface area (Å²) in [5.41, 5.74) is 2.26. The van der Waals surface area contributed by atoms with Crippen LogP contribution in [0.4, 0.5) is 16.4 Å². The van der Waals surface area contributed by atoms with E-state index in [2.05, 4.69) is 29.0 Å². The monoisotopic (exact) mass is 525 g/mol. The van der Waals surface area contributed by atoms with Crippen LogP contribution in [-0.2, 0) is 9.47 Å². The van der Waals surface area contributed by atoms with Gasteiger partial charge in [0.1, 0.15) is 17.2 Å². The molecule has 1 amide bonds. The average Bonchev–Trinajstić information content (AvgIpc) is 2.88. The molecule has 1 aliphatic rings. The molecule has 1 aliphatic heterocycles. The standard InChI is InChI=1S/C29H43N5O4/c1-8-11-22(9-2)31-25-18-21(12-13-30-25)24-19-23(27(35)37-10-3)20(4)26(32-24)33-14-16-34(17-15-33)28(36)38-29(5,6)7/h12-13,18-19,22H,8-11,14-17H2,1-7H3,(H,30,31).